The molecule has 0 unspecified atom stereocenters. The van der Waals surface area contributed by atoms with Gasteiger partial charge in [-0.25, -0.2) is 45.9 Å². The SMILES string of the molecule is CCCc1ccc(C(=O)Oc2ccc([S])c(F)c2)cc1.CCCc1ccc(C(=O)Oc2ccc([S])c(F)c2)cc1.CCCc1ccc(C(=O)Oc2ccc([S])c(F)c2)cc1.CCCc1ccc(C(=O)Oc2ccc([S])c(F)c2)cc1.CCCc1ccc(C(=O)Oc2ccc([S])c(F)c2)cc1.F.F.F.F.F. The molecule has 0 heterocycles. The van der Waals surface area contributed by atoms with Crippen LogP contribution in [0, 0.1) is 29.1 Å². The van der Waals surface area contributed by atoms with Gasteiger partial charge in [-0.15, -0.1) is 0 Å². The molecule has 0 N–H and O–H groups in total. The van der Waals surface area contributed by atoms with E-state index in [1.165, 1.54) is 88.5 Å². The molecule has 5 radical (unpaired) electrons. The Balaban J connectivity index is 0.000000649. The highest BCUT2D eigenvalue weighted by Gasteiger charge is 2.16. The molecule has 0 saturated carbocycles. The Morgan fingerprint density at radius 2 is 0.371 bits per heavy atom. The largest absolute Gasteiger partial charge is 0.423 e. The van der Waals surface area contributed by atoms with Crippen molar-refractivity contribution in [1.29, 1.82) is 0 Å². The maximum atomic E-state index is 13.3. The molecule has 0 amide bonds. The molecule has 0 aliphatic rings. The van der Waals surface area contributed by atoms with Crippen LogP contribution in [-0.4, -0.2) is 29.8 Å². The molecule has 0 atom stereocenters. The fourth-order valence-electron chi connectivity index (χ4n) is 9.04. The fourth-order valence-corrected chi connectivity index (χ4v) is 9.67. The third-order valence-corrected chi connectivity index (χ3v) is 15.9. The van der Waals surface area contributed by atoms with Gasteiger partial charge in [0.2, 0.25) is 0 Å². The molecule has 25 heteroatoms. The number of hydrogen-bond acceptors (Lipinski definition) is 10. The number of carbonyl (C=O) groups excluding carboxylic acids is 5. The summed E-state index contributed by atoms with van der Waals surface area (Å²) in [6.07, 6.45) is 10.1. The Hall–Kier alpha value is -10.1. The molecule has 0 spiro atoms. The highest BCUT2D eigenvalue weighted by Crippen LogP contribution is 2.26. The predicted octanol–water partition coefficient (Wildman–Crippen LogP) is 23.5. The molecule has 0 bridgehead atoms. The van der Waals surface area contributed by atoms with Crippen molar-refractivity contribution in [1.82, 2.24) is 0 Å². The maximum absolute atomic E-state index is 13.3. The van der Waals surface area contributed by atoms with E-state index >= 15 is 0 Å². The zero-order valence-corrected chi connectivity index (χ0v) is 61.4. The van der Waals surface area contributed by atoms with Crippen LogP contribution >= 0.6 is 63.1 Å². The zero-order chi connectivity index (χ0) is 72.7. The average molecular weight is 1550 g/mol. The molecule has 10 aromatic carbocycles. The second kappa shape index (κ2) is 48.1. The lowest BCUT2D eigenvalue weighted by atomic mass is 10.1. The van der Waals surface area contributed by atoms with Crippen LogP contribution in [0.2, 0.25) is 0 Å². The summed E-state index contributed by atoms with van der Waals surface area (Å²) in [4.78, 5) is 60.1. The highest BCUT2D eigenvalue weighted by molar-refractivity contribution is 7.81. The Morgan fingerprint density at radius 1 is 0.238 bits per heavy atom. The summed E-state index contributed by atoms with van der Waals surface area (Å²) in [5, 5.41) is 0. The summed E-state index contributed by atoms with van der Waals surface area (Å²) in [5.74, 6) is -4.62. The van der Waals surface area contributed by atoms with E-state index in [0.717, 1.165) is 94.5 Å². The van der Waals surface area contributed by atoms with E-state index in [1.807, 2.05) is 60.7 Å². The molecule has 105 heavy (non-hydrogen) atoms. The quantitative estimate of drug-likeness (QED) is 0.0413. The first-order chi connectivity index (χ1) is 48.0. The van der Waals surface area contributed by atoms with Crippen LogP contribution < -0.4 is 23.7 Å². The van der Waals surface area contributed by atoms with Gasteiger partial charge >= 0.3 is 29.8 Å². The molecule has 0 aliphatic heterocycles. The Bertz CT molecular complexity index is 3710. The first kappa shape index (κ1) is 93.0. The number of aryl methyl sites for hydroxylation is 5. The van der Waals surface area contributed by atoms with E-state index in [4.69, 9.17) is 86.8 Å². The van der Waals surface area contributed by atoms with Gasteiger partial charge in [0, 0.05) is 30.3 Å². The van der Waals surface area contributed by atoms with Crippen LogP contribution in [0.5, 0.6) is 28.7 Å². The van der Waals surface area contributed by atoms with Crippen molar-refractivity contribution in [2.45, 2.75) is 123 Å². The number of carbonyl (C=O) groups is 5. The topological polar surface area (TPSA) is 132 Å². The standard InChI is InChI=1S/5C16H14FO2S.5FH/c5*1-2-3-11-4-6-12(7-5-11)16(18)19-13-8-9-15(20)14(17)10-13;;;;;/h5*4-10H,2-3H2,1H3;5*1H. The summed E-state index contributed by atoms with van der Waals surface area (Å²) < 4.78 is 91.9. The summed E-state index contributed by atoms with van der Waals surface area (Å²) in [6.45, 7) is 10.5. The Kier molecular flexibility index (Phi) is 42.6. The van der Waals surface area contributed by atoms with Crippen molar-refractivity contribution in [2.24, 2.45) is 0 Å². The van der Waals surface area contributed by atoms with Gasteiger partial charge in [0.1, 0.15) is 57.8 Å². The van der Waals surface area contributed by atoms with E-state index in [1.54, 1.807) is 60.7 Å². The van der Waals surface area contributed by atoms with Gasteiger partial charge in [-0.3, -0.25) is 23.5 Å². The summed E-state index contributed by atoms with van der Waals surface area (Å²) in [5.41, 5.74) is 8.05. The second-order valence-electron chi connectivity index (χ2n) is 22.1. The number of halogens is 10. The Morgan fingerprint density at radius 3 is 0.486 bits per heavy atom. The van der Waals surface area contributed by atoms with E-state index < -0.39 is 58.9 Å². The van der Waals surface area contributed by atoms with Crippen molar-refractivity contribution in [3.63, 3.8) is 0 Å². The average Bonchev–Trinajstić information content (AvgIpc) is 0.875. The van der Waals surface area contributed by atoms with Gasteiger partial charge in [0.15, 0.2) is 0 Å². The molecular formula is C80H75F10O10S5. The summed E-state index contributed by atoms with van der Waals surface area (Å²) in [7, 11) is 0. The van der Waals surface area contributed by atoms with Crippen molar-refractivity contribution < 1.29 is 93.1 Å². The molecule has 10 aromatic rings. The number of rotatable bonds is 20. The normalized spacial score (nSPS) is 9.81. The van der Waals surface area contributed by atoms with Crippen LogP contribution in [-0.2, 0) is 32.1 Å². The number of hydrogen-bond donors (Lipinski definition) is 0. The number of ether oxygens (including phenoxy) is 5. The Labute approximate surface area is 631 Å². The van der Waals surface area contributed by atoms with Crippen LogP contribution in [0.25, 0.3) is 0 Å². The second-order valence-corrected chi connectivity index (χ2v) is 24.3. The van der Waals surface area contributed by atoms with Gasteiger partial charge in [-0.2, -0.15) is 0 Å². The molecule has 0 aromatic heterocycles. The first-order valence-corrected chi connectivity index (χ1v) is 33.9. The number of benzene rings is 10. The van der Waals surface area contributed by atoms with Crippen molar-refractivity contribution in [3.05, 3.63) is 297 Å². The summed E-state index contributed by atoms with van der Waals surface area (Å²) in [6, 6.07) is 56.1. The smallest absolute Gasteiger partial charge is 0.343 e. The van der Waals surface area contributed by atoms with Crippen molar-refractivity contribution in [2.75, 3.05) is 0 Å². The third-order valence-electron chi connectivity index (χ3n) is 14.2. The van der Waals surface area contributed by atoms with Gasteiger partial charge in [0.25, 0.3) is 0 Å². The van der Waals surface area contributed by atoms with Gasteiger partial charge < -0.3 is 23.7 Å². The van der Waals surface area contributed by atoms with Gasteiger partial charge in [0.05, 0.1) is 52.3 Å². The van der Waals surface area contributed by atoms with E-state index in [0.29, 0.717) is 27.8 Å². The summed E-state index contributed by atoms with van der Waals surface area (Å²) >= 11 is 23.7. The van der Waals surface area contributed by atoms with E-state index in [9.17, 15) is 45.9 Å². The van der Waals surface area contributed by atoms with Crippen LogP contribution in [0.15, 0.2) is 237 Å². The van der Waals surface area contributed by atoms with E-state index in [-0.39, 0.29) is 76.7 Å². The molecule has 10 rings (SSSR count). The van der Waals surface area contributed by atoms with Crippen LogP contribution in [0.1, 0.15) is 146 Å². The molecule has 555 valence electrons. The molecule has 0 aliphatic carbocycles. The van der Waals surface area contributed by atoms with Crippen molar-refractivity contribution in [3.8, 4) is 28.7 Å². The van der Waals surface area contributed by atoms with Gasteiger partial charge in [-0.05, 0) is 181 Å². The first-order valence-electron chi connectivity index (χ1n) is 31.9. The predicted molar refractivity (Wildman–Crippen MR) is 401 cm³/mol. The fraction of sp³-hybridized carbons (Fsp3) is 0.188. The molecular weight excluding hydrogens is 1470 g/mol. The molecule has 0 saturated heterocycles. The monoisotopic (exact) mass is 1550 g/mol. The van der Waals surface area contributed by atoms with E-state index in [2.05, 4.69) is 34.6 Å². The maximum Gasteiger partial charge on any atom is 0.343 e. The lowest BCUT2D eigenvalue weighted by Crippen LogP contribution is -2.08. The van der Waals surface area contributed by atoms with Crippen LogP contribution in [0.4, 0.5) is 45.5 Å². The van der Waals surface area contributed by atoms with Gasteiger partial charge in [-0.1, -0.05) is 191 Å². The minimum atomic E-state index is -0.566. The zero-order valence-electron chi connectivity index (χ0n) is 57.3. The molecule has 10 nitrogen and oxygen atoms in total. The highest BCUT2D eigenvalue weighted by atomic mass is 32.1. The lowest BCUT2D eigenvalue weighted by Gasteiger charge is -2.06. The minimum absolute atomic E-state index is 0. The van der Waals surface area contributed by atoms with Crippen LogP contribution in [0.3, 0.4) is 0 Å². The molecule has 0 fully saturated rings. The lowest BCUT2D eigenvalue weighted by molar-refractivity contribution is 0.0724. The minimum Gasteiger partial charge on any atom is -0.423 e. The third kappa shape index (κ3) is 31.0. The van der Waals surface area contributed by atoms with Crippen molar-refractivity contribution >= 4 is 93.0 Å². The number of esters is 5.